The first-order chi connectivity index (χ1) is 10.2. The average Bonchev–Trinajstić information content (AvgIpc) is 2.89. The lowest BCUT2D eigenvalue weighted by atomic mass is 10.2. The molecule has 0 N–H and O–H groups in total. The van der Waals surface area contributed by atoms with E-state index in [9.17, 15) is 14.9 Å². The highest BCUT2D eigenvalue weighted by atomic mass is 32.2. The number of hydrogen-bond acceptors (Lipinski definition) is 6. The van der Waals surface area contributed by atoms with E-state index in [1.807, 2.05) is 12.1 Å². The predicted molar refractivity (Wildman–Crippen MR) is 76.6 cm³/mol. The largest absolute Gasteiger partial charge is 0.431 e. The molecule has 104 valence electrons. The summed E-state index contributed by atoms with van der Waals surface area (Å²) in [6, 6.07) is 11.5. The van der Waals surface area contributed by atoms with Crippen molar-refractivity contribution in [2.45, 2.75) is 10.1 Å². The van der Waals surface area contributed by atoms with Crippen molar-refractivity contribution in [3.63, 3.8) is 0 Å². The molecule has 0 unspecified atom stereocenters. The van der Waals surface area contributed by atoms with E-state index in [4.69, 9.17) is 4.42 Å². The number of benzene rings is 2. The number of carbonyl (C=O) groups excluding carboxylic acids is 1. The molecule has 0 atom stereocenters. The van der Waals surface area contributed by atoms with Gasteiger partial charge in [0.2, 0.25) is 0 Å². The minimum Gasteiger partial charge on any atom is -0.431 e. The molecule has 0 aliphatic rings. The van der Waals surface area contributed by atoms with Crippen LogP contribution in [-0.2, 0) is 0 Å². The van der Waals surface area contributed by atoms with Crippen LogP contribution in [-0.4, -0.2) is 16.2 Å². The Labute approximate surface area is 122 Å². The van der Waals surface area contributed by atoms with E-state index in [-0.39, 0.29) is 11.3 Å². The smallest absolute Gasteiger partial charge is 0.284 e. The molecule has 0 spiro atoms. The van der Waals surface area contributed by atoms with Gasteiger partial charge in [-0.3, -0.25) is 14.9 Å². The highest BCUT2D eigenvalue weighted by Gasteiger charge is 2.18. The second-order valence-corrected chi connectivity index (χ2v) is 5.14. The first kappa shape index (κ1) is 13.3. The van der Waals surface area contributed by atoms with E-state index in [0.717, 1.165) is 11.8 Å². The lowest BCUT2D eigenvalue weighted by molar-refractivity contribution is -0.387. The number of rotatable bonds is 4. The molecule has 0 radical (unpaired) electrons. The molecule has 3 aromatic rings. The maximum Gasteiger partial charge on any atom is 0.284 e. The Balaban J connectivity index is 2.00. The van der Waals surface area contributed by atoms with Crippen LogP contribution in [0.1, 0.15) is 10.4 Å². The van der Waals surface area contributed by atoms with Crippen molar-refractivity contribution in [1.82, 2.24) is 4.98 Å². The lowest BCUT2D eigenvalue weighted by Crippen LogP contribution is -1.92. The Bertz CT molecular complexity index is 811. The molecular weight excluding hydrogens is 292 g/mol. The fourth-order valence-corrected chi connectivity index (χ4v) is 2.66. The van der Waals surface area contributed by atoms with Crippen LogP contribution in [0.15, 0.2) is 57.0 Å². The number of nitro groups is 1. The van der Waals surface area contributed by atoms with E-state index < -0.39 is 4.92 Å². The molecule has 0 bridgehead atoms. The molecule has 0 aliphatic heterocycles. The third-order valence-corrected chi connectivity index (χ3v) is 3.70. The normalized spacial score (nSPS) is 10.7. The van der Waals surface area contributed by atoms with Gasteiger partial charge < -0.3 is 4.42 Å². The molecule has 1 heterocycles. The van der Waals surface area contributed by atoms with Crippen molar-refractivity contribution >= 4 is 34.8 Å². The monoisotopic (exact) mass is 300 g/mol. The van der Waals surface area contributed by atoms with E-state index >= 15 is 0 Å². The fraction of sp³-hybridized carbons (Fsp3) is 0. The third-order valence-electron chi connectivity index (χ3n) is 2.79. The molecule has 21 heavy (non-hydrogen) atoms. The molecule has 0 saturated carbocycles. The van der Waals surface area contributed by atoms with Gasteiger partial charge in [-0.2, -0.15) is 0 Å². The van der Waals surface area contributed by atoms with Gasteiger partial charge in [-0.15, -0.1) is 0 Å². The molecule has 0 amide bonds. The maximum atomic E-state index is 11.1. The number of fused-ring (bicyclic) bond motifs is 1. The van der Waals surface area contributed by atoms with Gasteiger partial charge in [-0.05, 0) is 30.0 Å². The summed E-state index contributed by atoms with van der Waals surface area (Å²) >= 11 is 1.05. The number of carbonyl (C=O) groups is 1. The number of aldehydes is 1. The van der Waals surface area contributed by atoms with Crippen LogP contribution in [0.25, 0.3) is 11.1 Å². The van der Waals surface area contributed by atoms with E-state index in [0.29, 0.717) is 27.5 Å². The molecule has 0 saturated heterocycles. The summed E-state index contributed by atoms with van der Waals surface area (Å²) in [5, 5.41) is 11.4. The van der Waals surface area contributed by atoms with Gasteiger partial charge >= 0.3 is 0 Å². The van der Waals surface area contributed by atoms with Crippen LogP contribution in [0, 0.1) is 10.1 Å². The van der Waals surface area contributed by atoms with Crippen molar-refractivity contribution < 1.29 is 14.1 Å². The van der Waals surface area contributed by atoms with Crippen molar-refractivity contribution in [1.29, 1.82) is 0 Å². The van der Waals surface area contributed by atoms with Gasteiger partial charge in [0.05, 0.1) is 9.82 Å². The Morgan fingerprint density at radius 2 is 2.05 bits per heavy atom. The molecule has 0 aliphatic carbocycles. The van der Waals surface area contributed by atoms with Gasteiger partial charge in [0.15, 0.2) is 5.58 Å². The molecule has 7 heteroatoms. The zero-order valence-corrected chi connectivity index (χ0v) is 11.4. The summed E-state index contributed by atoms with van der Waals surface area (Å²) in [5.74, 6) is 0. The van der Waals surface area contributed by atoms with Gasteiger partial charge in [0.25, 0.3) is 10.9 Å². The highest BCUT2D eigenvalue weighted by molar-refractivity contribution is 7.99. The Hall–Kier alpha value is -2.67. The number of aromatic nitrogens is 1. The minimum atomic E-state index is -0.530. The molecule has 6 nitrogen and oxygen atoms in total. The van der Waals surface area contributed by atoms with Crippen LogP contribution in [0.4, 0.5) is 5.69 Å². The molecule has 1 aromatic heterocycles. The van der Waals surface area contributed by atoms with Crippen LogP contribution in [0.5, 0.6) is 0 Å². The Kier molecular flexibility index (Phi) is 3.41. The maximum absolute atomic E-state index is 11.1. The number of oxazole rings is 1. The third kappa shape index (κ3) is 2.63. The lowest BCUT2D eigenvalue weighted by Gasteiger charge is -2.00. The zero-order chi connectivity index (χ0) is 14.8. The molecule has 2 aromatic carbocycles. The topological polar surface area (TPSA) is 86.2 Å². The summed E-state index contributed by atoms with van der Waals surface area (Å²) in [4.78, 5) is 25.9. The summed E-state index contributed by atoms with van der Waals surface area (Å²) in [7, 11) is 0. The van der Waals surface area contributed by atoms with Crippen molar-refractivity contribution in [3.05, 3.63) is 58.1 Å². The number of para-hydroxylation sites is 2. The first-order valence-corrected chi connectivity index (χ1v) is 6.76. The van der Waals surface area contributed by atoms with Crippen LogP contribution < -0.4 is 0 Å². The Morgan fingerprint density at radius 3 is 2.76 bits per heavy atom. The SMILES string of the molecule is O=Cc1ccc(Sc2nc3ccccc3o2)c([N+](=O)[O-])c1. The van der Waals surface area contributed by atoms with Crippen LogP contribution in [0.3, 0.4) is 0 Å². The van der Waals surface area contributed by atoms with Crippen molar-refractivity contribution in [2.24, 2.45) is 0 Å². The average molecular weight is 300 g/mol. The van der Waals surface area contributed by atoms with Crippen LogP contribution >= 0.6 is 11.8 Å². The second-order valence-electron chi connectivity index (χ2n) is 4.15. The first-order valence-electron chi connectivity index (χ1n) is 5.94. The molecule has 0 fully saturated rings. The summed E-state index contributed by atoms with van der Waals surface area (Å²) < 4.78 is 5.52. The van der Waals surface area contributed by atoms with E-state index in [2.05, 4.69) is 4.98 Å². The molecule has 3 rings (SSSR count). The predicted octanol–water partition coefficient (Wildman–Crippen LogP) is 3.70. The summed E-state index contributed by atoms with van der Waals surface area (Å²) in [6.07, 6.45) is 0.570. The number of nitrogens with zero attached hydrogens (tertiary/aromatic N) is 2. The van der Waals surface area contributed by atoms with Crippen molar-refractivity contribution in [3.8, 4) is 0 Å². The summed E-state index contributed by atoms with van der Waals surface area (Å²) in [6.45, 7) is 0. The molecular formula is C14H8N2O4S. The van der Waals surface area contributed by atoms with Gasteiger partial charge in [-0.25, -0.2) is 4.98 Å². The highest BCUT2D eigenvalue weighted by Crippen LogP contribution is 2.35. The van der Waals surface area contributed by atoms with Gasteiger partial charge in [0.1, 0.15) is 11.8 Å². The Morgan fingerprint density at radius 1 is 1.24 bits per heavy atom. The minimum absolute atomic E-state index is 0.146. The van der Waals surface area contributed by atoms with E-state index in [1.54, 1.807) is 12.1 Å². The number of hydrogen-bond donors (Lipinski definition) is 0. The van der Waals surface area contributed by atoms with Crippen molar-refractivity contribution in [2.75, 3.05) is 0 Å². The fourth-order valence-electron chi connectivity index (χ4n) is 1.83. The van der Waals surface area contributed by atoms with Crippen LogP contribution in [0.2, 0.25) is 0 Å². The number of nitro benzene ring substituents is 1. The van der Waals surface area contributed by atoms with E-state index in [1.165, 1.54) is 18.2 Å². The van der Waals surface area contributed by atoms with Gasteiger partial charge in [0, 0.05) is 11.6 Å². The summed E-state index contributed by atoms with van der Waals surface area (Å²) in [5.41, 5.74) is 1.41. The standard InChI is InChI=1S/C14H8N2O4S/c17-8-9-5-6-13(11(7-9)16(18)19)21-14-15-10-3-1-2-4-12(10)20-14/h1-8H. The zero-order valence-electron chi connectivity index (χ0n) is 10.6. The van der Waals surface area contributed by atoms with Gasteiger partial charge in [-0.1, -0.05) is 18.2 Å². The second kappa shape index (κ2) is 5.37. The quantitative estimate of drug-likeness (QED) is 0.415.